The van der Waals surface area contributed by atoms with Gasteiger partial charge < -0.3 is 4.74 Å². The number of amides is 2. The zero-order valence-electron chi connectivity index (χ0n) is 16.2. The van der Waals surface area contributed by atoms with Gasteiger partial charge in [0.2, 0.25) is 5.75 Å². The van der Waals surface area contributed by atoms with E-state index in [4.69, 9.17) is 16.3 Å². The molecule has 0 aromatic heterocycles. The number of hydrogen-bond acceptors (Lipinski definition) is 6. The fourth-order valence-electron chi connectivity index (χ4n) is 4.37. The quantitative estimate of drug-likeness (QED) is 0.245. The first-order valence-corrected chi connectivity index (χ1v) is 9.71. The van der Waals surface area contributed by atoms with Crippen molar-refractivity contribution in [3.05, 3.63) is 45.0 Å². The molecule has 0 unspecified atom stereocenters. The molecule has 3 aliphatic rings. The standard InChI is InChI=1S/C20H20ClN3O5/c1-20(2,3)29-17-12(7-13(21)8-14(17)24(27)28)9-22-23-18(25)15-10-4-5-11(6-10)16(15)19(23)26/h4-5,7-11,15-16H,6H2,1-3H3/t10-,11-,15-,16+/m0/s1. The lowest BCUT2D eigenvalue weighted by Gasteiger charge is -2.22. The van der Waals surface area contributed by atoms with Crippen molar-refractivity contribution in [1.29, 1.82) is 0 Å². The maximum Gasteiger partial charge on any atom is 0.313 e. The number of nitro benzene ring substituents is 1. The summed E-state index contributed by atoms with van der Waals surface area (Å²) in [6.45, 7) is 5.26. The predicted molar refractivity (Wildman–Crippen MR) is 106 cm³/mol. The Morgan fingerprint density at radius 2 is 1.79 bits per heavy atom. The Bertz CT molecular complexity index is 951. The average molecular weight is 418 g/mol. The van der Waals surface area contributed by atoms with Crippen LogP contribution in [0.5, 0.6) is 5.75 Å². The highest BCUT2D eigenvalue weighted by atomic mass is 35.5. The molecule has 1 saturated heterocycles. The molecule has 9 heteroatoms. The summed E-state index contributed by atoms with van der Waals surface area (Å²) in [7, 11) is 0. The van der Waals surface area contributed by atoms with Crippen molar-refractivity contribution in [2.45, 2.75) is 32.8 Å². The van der Waals surface area contributed by atoms with Crippen molar-refractivity contribution in [3.63, 3.8) is 0 Å². The zero-order valence-corrected chi connectivity index (χ0v) is 16.9. The Balaban J connectivity index is 1.69. The van der Waals surface area contributed by atoms with Crippen molar-refractivity contribution < 1.29 is 19.2 Å². The van der Waals surface area contributed by atoms with Crippen molar-refractivity contribution in [3.8, 4) is 5.75 Å². The molecule has 2 fully saturated rings. The van der Waals surface area contributed by atoms with Crippen LogP contribution in [0.4, 0.5) is 5.69 Å². The molecule has 1 aromatic rings. The summed E-state index contributed by atoms with van der Waals surface area (Å²) in [6.07, 6.45) is 6.06. The average Bonchev–Trinajstić information content (AvgIpc) is 3.28. The third kappa shape index (κ3) is 3.31. The second-order valence-corrected chi connectivity index (χ2v) is 8.98. The van der Waals surface area contributed by atoms with E-state index >= 15 is 0 Å². The van der Waals surface area contributed by atoms with Gasteiger partial charge in [-0.25, -0.2) is 0 Å². The molecule has 0 spiro atoms. The summed E-state index contributed by atoms with van der Waals surface area (Å²) < 4.78 is 5.78. The molecular formula is C20H20ClN3O5. The van der Waals surface area contributed by atoms with Gasteiger partial charge in [0, 0.05) is 16.7 Å². The van der Waals surface area contributed by atoms with Crippen molar-refractivity contribution in [2.75, 3.05) is 0 Å². The number of carbonyl (C=O) groups is 2. The van der Waals surface area contributed by atoms with Crippen molar-refractivity contribution in [2.24, 2.45) is 28.8 Å². The third-order valence-electron chi connectivity index (χ3n) is 5.43. The Morgan fingerprint density at radius 3 is 2.31 bits per heavy atom. The van der Waals surface area contributed by atoms with Crippen LogP contribution >= 0.6 is 11.6 Å². The number of hydrazone groups is 1. The second-order valence-electron chi connectivity index (χ2n) is 8.55. The van der Waals surface area contributed by atoms with E-state index < -0.39 is 10.5 Å². The summed E-state index contributed by atoms with van der Waals surface area (Å²) in [5, 5.41) is 16.6. The van der Waals surface area contributed by atoms with Gasteiger partial charge in [0.05, 0.1) is 23.0 Å². The van der Waals surface area contributed by atoms with E-state index in [0.29, 0.717) is 0 Å². The van der Waals surface area contributed by atoms with Crippen LogP contribution in [0.1, 0.15) is 32.8 Å². The lowest BCUT2D eigenvalue weighted by molar-refractivity contribution is -0.386. The molecular weight excluding hydrogens is 398 g/mol. The summed E-state index contributed by atoms with van der Waals surface area (Å²) in [6, 6.07) is 2.65. The molecule has 0 N–H and O–H groups in total. The number of allylic oxidation sites excluding steroid dienone is 2. The monoisotopic (exact) mass is 417 g/mol. The number of ether oxygens (including phenoxy) is 1. The maximum absolute atomic E-state index is 12.8. The van der Waals surface area contributed by atoms with Gasteiger partial charge in [-0.3, -0.25) is 19.7 Å². The number of nitro groups is 1. The van der Waals surface area contributed by atoms with E-state index in [1.807, 2.05) is 12.2 Å². The van der Waals surface area contributed by atoms with Gasteiger partial charge in [-0.05, 0) is 45.1 Å². The summed E-state index contributed by atoms with van der Waals surface area (Å²) in [5.74, 6) is -1.26. The van der Waals surface area contributed by atoms with Crippen LogP contribution in [0.3, 0.4) is 0 Å². The topological polar surface area (TPSA) is 102 Å². The SMILES string of the molecule is CC(C)(C)Oc1c(C=NN2C(=O)[C@@H]3[C@H](C2=O)[C@H]2C=C[C@H]3C2)cc(Cl)cc1[N+](=O)[O-]. The summed E-state index contributed by atoms with van der Waals surface area (Å²) >= 11 is 6.04. The minimum atomic E-state index is -0.720. The van der Waals surface area contributed by atoms with Gasteiger partial charge in [-0.15, -0.1) is 0 Å². The number of fused-ring (bicyclic) bond motifs is 5. The number of halogens is 1. The van der Waals surface area contributed by atoms with E-state index in [2.05, 4.69) is 5.10 Å². The van der Waals surface area contributed by atoms with Crippen LogP contribution in [0.2, 0.25) is 5.02 Å². The van der Waals surface area contributed by atoms with Gasteiger partial charge in [-0.2, -0.15) is 10.1 Å². The smallest absolute Gasteiger partial charge is 0.313 e. The second kappa shape index (κ2) is 6.66. The lowest BCUT2D eigenvalue weighted by Crippen LogP contribution is -2.28. The van der Waals surface area contributed by atoms with Crippen LogP contribution in [-0.2, 0) is 9.59 Å². The summed E-state index contributed by atoms with van der Waals surface area (Å²) in [4.78, 5) is 36.4. The first-order valence-electron chi connectivity index (χ1n) is 9.34. The number of benzene rings is 1. The highest BCUT2D eigenvalue weighted by molar-refractivity contribution is 6.31. The molecule has 1 aromatic carbocycles. The molecule has 2 aliphatic carbocycles. The molecule has 1 aliphatic heterocycles. The Hall–Kier alpha value is -2.74. The van der Waals surface area contributed by atoms with Crippen LogP contribution in [-0.4, -0.2) is 33.6 Å². The zero-order chi connectivity index (χ0) is 21.1. The number of imide groups is 1. The highest BCUT2D eigenvalue weighted by Gasteiger charge is 2.59. The van der Waals surface area contributed by atoms with Crippen molar-refractivity contribution >= 4 is 35.3 Å². The first kappa shape index (κ1) is 19.6. The van der Waals surface area contributed by atoms with Gasteiger partial charge in [0.25, 0.3) is 11.8 Å². The molecule has 1 saturated carbocycles. The Labute approximate surface area is 172 Å². The van der Waals surface area contributed by atoms with Gasteiger partial charge in [-0.1, -0.05) is 23.8 Å². The molecule has 29 heavy (non-hydrogen) atoms. The molecule has 4 atom stereocenters. The van der Waals surface area contributed by atoms with Crippen LogP contribution in [0.25, 0.3) is 0 Å². The molecule has 0 radical (unpaired) electrons. The van der Waals surface area contributed by atoms with Gasteiger partial charge >= 0.3 is 5.69 Å². The third-order valence-corrected chi connectivity index (χ3v) is 5.65. The van der Waals surface area contributed by atoms with E-state index in [-0.39, 0.29) is 57.5 Å². The molecule has 2 bridgehead atoms. The lowest BCUT2D eigenvalue weighted by atomic mass is 9.85. The minimum absolute atomic E-state index is 0.0170. The number of nitrogens with zero attached hydrogens (tertiary/aromatic N) is 3. The van der Waals surface area contributed by atoms with Crippen LogP contribution in [0, 0.1) is 33.8 Å². The number of rotatable bonds is 4. The molecule has 4 rings (SSSR count). The fraction of sp³-hybridized carbons (Fsp3) is 0.450. The maximum atomic E-state index is 12.8. The number of hydrogen-bond donors (Lipinski definition) is 0. The fourth-order valence-corrected chi connectivity index (χ4v) is 4.59. The van der Waals surface area contributed by atoms with Crippen molar-refractivity contribution in [1.82, 2.24) is 5.01 Å². The van der Waals surface area contributed by atoms with E-state index in [0.717, 1.165) is 11.4 Å². The minimum Gasteiger partial charge on any atom is -0.481 e. The first-order chi connectivity index (χ1) is 13.6. The van der Waals surface area contributed by atoms with Crippen LogP contribution < -0.4 is 4.74 Å². The largest absolute Gasteiger partial charge is 0.481 e. The van der Waals surface area contributed by atoms with E-state index in [9.17, 15) is 19.7 Å². The van der Waals surface area contributed by atoms with Gasteiger partial charge in [0.1, 0.15) is 5.60 Å². The highest BCUT2D eigenvalue weighted by Crippen LogP contribution is 2.52. The molecule has 152 valence electrons. The van der Waals surface area contributed by atoms with E-state index in [1.54, 1.807) is 20.8 Å². The van der Waals surface area contributed by atoms with E-state index in [1.165, 1.54) is 18.3 Å². The normalized spacial score (nSPS) is 27.9. The van der Waals surface area contributed by atoms with Crippen LogP contribution in [0.15, 0.2) is 29.4 Å². The summed E-state index contributed by atoms with van der Waals surface area (Å²) in [5.41, 5.74) is -0.813. The molecule has 2 amide bonds. The Morgan fingerprint density at radius 1 is 1.21 bits per heavy atom. The predicted octanol–water partition coefficient (Wildman–Crippen LogP) is 3.57. The number of carbonyl (C=O) groups excluding carboxylic acids is 2. The molecule has 8 nitrogen and oxygen atoms in total. The van der Waals surface area contributed by atoms with Gasteiger partial charge in [0.15, 0.2) is 0 Å². The molecule has 1 heterocycles. The Kier molecular flexibility index (Phi) is 4.49.